The molecule has 1 aliphatic carbocycles. The van der Waals surface area contributed by atoms with E-state index in [0.29, 0.717) is 65.4 Å². The maximum absolute atomic E-state index is 13.5. The normalized spacial score (nSPS) is 28.6. The lowest BCUT2D eigenvalue weighted by molar-refractivity contribution is -0.365. The van der Waals surface area contributed by atoms with Gasteiger partial charge < -0.3 is 49.8 Å². The first-order valence-electron chi connectivity index (χ1n) is 20.5. The number of aliphatic hydroxyl groups excluding tert-OH is 4. The van der Waals surface area contributed by atoms with Gasteiger partial charge in [0.1, 0.15) is 53.7 Å². The zero-order valence-corrected chi connectivity index (χ0v) is 33.1. The molecule has 0 bridgehead atoms. The van der Waals surface area contributed by atoms with Crippen molar-refractivity contribution in [2.45, 2.75) is 100 Å². The van der Waals surface area contributed by atoms with Gasteiger partial charge >= 0.3 is 0 Å². The molecule has 16 nitrogen and oxygen atoms in total. The number of hydrogen-bond donors (Lipinski definition) is 6. The number of aliphatic hydroxyl groups is 5. The first-order valence-corrected chi connectivity index (χ1v) is 20.5. The van der Waals surface area contributed by atoms with Crippen LogP contribution in [-0.2, 0) is 21.0 Å². The number of benzene rings is 1. The van der Waals surface area contributed by atoms with Crippen molar-refractivity contribution in [1.82, 2.24) is 10.2 Å². The van der Waals surface area contributed by atoms with Crippen molar-refractivity contribution < 1.29 is 49.3 Å². The van der Waals surface area contributed by atoms with Crippen LogP contribution < -0.4 is 20.4 Å². The molecule has 16 heteroatoms. The highest BCUT2D eigenvalue weighted by Gasteiger charge is 2.54. The van der Waals surface area contributed by atoms with Crippen molar-refractivity contribution in [3.8, 4) is 5.75 Å². The Bertz CT molecular complexity index is 2280. The maximum Gasteiger partial charge on any atom is 0.226 e. The molecule has 1 saturated heterocycles. The van der Waals surface area contributed by atoms with E-state index in [2.05, 4.69) is 15.3 Å². The molecule has 0 radical (unpaired) electrons. The Balaban J connectivity index is 1.03. The summed E-state index contributed by atoms with van der Waals surface area (Å²) in [5, 5.41) is 58.2. The lowest BCUT2D eigenvalue weighted by Gasteiger charge is -2.44. The van der Waals surface area contributed by atoms with Crippen molar-refractivity contribution in [3.05, 3.63) is 82.3 Å². The average Bonchev–Trinajstić information content (AvgIpc) is 4.07. The van der Waals surface area contributed by atoms with E-state index in [1.807, 2.05) is 24.1 Å². The van der Waals surface area contributed by atoms with E-state index in [1.165, 1.54) is 6.07 Å². The molecule has 1 aromatic heterocycles. The smallest absolute Gasteiger partial charge is 0.226 e. The maximum atomic E-state index is 13.5. The fourth-order valence-corrected chi connectivity index (χ4v) is 10.1. The van der Waals surface area contributed by atoms with E-state index in [9.17, 15) is 35.1 Å². The summed E-state index contributed by atoms with van der Waals surface area (Å²) in [5.41, 5.74) is 0.0334. The number of fused-ring (bicyclic) bond motifs is 4. The minimum Gasteiger partial charge on any atom is -0.482 e. The van der Waals surface area contributed by atoms with Gasteiger partial charge in [0, 0.05) is 55.0 Å². The van der Waals surface area contributed by atoms with E-state index in [-0.39, 0.29) is 36.3 Å². The first-order chi connectivity index (χ1) is 28.3. The minimum absolute atomic E-state index is 0.0706. The van der Waals surface area contributed by atoms with Gasteiger partial charge in [-0.05, 0) is 69.7 Å². The summed E-state index contributed by atoms with van der Waals surface area (Å²) < 4.78 is 13.4. The predicted octanol–water partition coefficient (Wildman–Crippen LogP) is 1.84. The van der Waals surface area contributed by atoms with E-state index in [4.69, 9.17) is 18.9 Å². The van der Waals surface area contributed by atoms with Crippen molar-refractivity contribution in [2.24, 2.45) is 21.3 Å². The molecule has 6 aliphatic heterocycles. The monoisotopic (exact) mass is 813 g/mol. The van der Waals surface area contributed by atoms with Gasteiger partial charge in [-0.1, -0.05) is 12.8 Å². The number of aryl methyl sites for hydroxylation is 1. The van der Waals surface area contributed by atoms with Gasteiger partial charge in [0.05, 0.1) is 48.0 Å². The third-order valence-electron chi connectivity index (χ3n) is 13.6. The molecule has 1 amide bonds. The summed E-state index contributed by atoms with van der Waals surface area (Å²) in [4.78, 5) is 51.2. The van der Waals surface area contributed by atoms with Gasteiger partial charge in [0.2, 0.25) is 5.91 Å². The van der Waals surface area contributed by atoms with E-state index < -0.39 is 54.2 Å². The second-order valence-electron chi connectivity index (χ2n) is 17.2. The molecule has 8 atom stereocenters. The summed E-state index contributed by atoms with van der Waals surface area (Å²) in [7, 11) is 0. The first kappa shape index (κ1) is 39.8. The van der Waals surface area contributed by atoms with Crippen LogP contribution in [0.5, 0.6) is 5.75 Å². The number of β-amino-alcohol motifs (C(OH)–C–C–N with tert-alkyl or cyclic N) is 1. The number of carbonyl (C=O) groups is 1. The number of hydrogen-bond acceptors (Lipinski definition) is 15. The molecule has 2 aromatic rings. The predicted molar refractivity (Wildman–Crippen MR) is 216 cm³/mol. The summed E-state index contributed by atoms with van der Waals surface area (Å²) in [6, 6.07) is 2.86. The summed E-state index contributed by atoms with van der Waals surface area (Å²) >= 11 is 0. The van der Waals surface area contributed by atoms with Crippen LogP contribution in [0.2, 0.25) is 0 Å². The molecule has 1 aromatic carbocycles. The molecule has 6 N–H and O–H groups in total. The number of ether oxygens (including phenoxy) is 1. The van der Waals surface area contributed by atoms with Crippen molar-refractivity contribution in [1.29, 1.82) is 0 Å². The fraction of sp³-hybridized carbons (Fsp3) is 0.535. The standard InChI is InChI=1S/C43H51N5O11/c1-24-15-32(50)28-16-26-17-35(59-56-22-34(52)43(55,39(53)33(51)21-49)23-47-14-8-29-31(47)7-13-44-29)41(2,11-5-27-18-46-40(54)42(27)9-3-4-10-42)58-37(26)36(38(28)57-24)48-19-25-6-12-45-30(25)20-48/h6-8,12-16,19,27,31,33-35,39,49,51-53,55H,3-5,9-11,17-18,20-23H2,1-2H3,(H,46,54). The number of aliphatic imine (C=N–C) groups is 2. The fourth-order valence-electron chi connectivity index (χ4n) is 10.1. The Hall–Kier alpha value is -4.68. The number of nitrogens with one attached hydrogen (secondary N) is 1. The number of nitrogens with zero attached hydrogens (tertiary/aromatic N) is 4. The van der Waals surface area contributed by atoms with Crippen molar-refractivity contribution in [3.63, 3.8) is 0 Å². The van der Waals surface area contributed by atoms with Crippen LogP contribution in [0.3, 0.4) is 0 Å². The highest BCUT2D eigenvalue weighted by atomic mass is 17.2. The van der Waals surface area contributed by atoms with Crippen LogP contribution in [0.25, 0.3) is 11.0 Å². The molecule has 1 saturated carbocycles. The van der Waals surface area contributed by atoms with Gasteiger partial charge in [-0.25, -0.2) is 9.78 Å². The molecule has 9 rings (SSSR count). The third kappa shape index (κ3) is 6.74. The molecule has 8 unspecified atom stereocenters. The zero-order chi connectivity index (χ0) is 41.3. The van der Waals surface area contributed by atoms with Gasteiger partial charge in [-0.3, -0.25) is 19.6 Å². The molecule has 1 spiro atoms. The largest absolute Gasteiger partial charge is 0.482 e. The van der Waals surface area contributed by atoms with Gasteiger partial charge in [0.15, 0.2) is 16.8 Å². The summed E-state index contributed by atoms with van der Waals surface area (Å²) in [5.74, 6) is 1.14. The quantitative estimate of drug-likeness (QED) is 0.119. The van der Waals surface area contributed by atoms with E-state index in [1.54, 1.807) is 48.6 Å². The molecular formula is C43H51N5O11. The van der Waals surface area contributed by atoms with Crippen LogP contribution >= 0.6 is 0 Å². The van der Waals surface area contributed by atoms with Crippen LogP contribution in [0.4, 0.5) is 5.69 Å². The van der Waals surface area contributed by atoms with Crippen LogP contribution in [0.15, 0.2) is 79.9 Å². The van der Waals surface area contributed by atoms with Crippen LogP contribution in [0.1, 0.15) is 56.8 Å². The number of rotatable bonds is 14. The number of amides is 1. The van der Waals surface area contributed by atoms with Gasteiger partial charge in [-0.15, -0.1) is 0 Å². The molecule has 7 heterocycles. The SMILES string of the molecule is Cc1cc(=O)c2cc3c(c(N4C=C5C=CN=C5C4)c2o1)OC(C)(CCC1CNC(=O)C12CCCC2)C(OOCC(O)C(O)(CN1C=CC2=NC=CC21)C(O)C(O)CO)C3. The van der Waals surface area contributed by atoms with Gasteiger partial charge in [-0.2, -0.15) is 0 Å². The summed E-state index contributed by atoms with van der Waals surface area (Å²) in [6.07, 6.45) is 11.0. The number of allylic oxidation sites excluding steroid dienone is 1. The Labute approximate surface area is 340 Å². The molecule has 314 valence electrons. The third-order valence-corrected chi connectivity index (χ3v) is 13.6. The molecule has 2 fully saturated rings. The van der Waals surface area contributed by atoms with E-state index in [0.717, 1.165) is 37.0 Å². The van der Waals surface area contributed by atoms with Crippen molar-refractivity contribution >= 4 is 34.0 Å². The highest BCUT2D eigenvalue weighted by Crippen LogP contribution is 2.52. The second-order valence-corrected chi connectivity index (χ2v) is 17.2. The molecule has 59 heavy (non-hydrogen) atoms. The van der Waals surface area contributed by atoms with Crippen LogP contribution in [-0.4, -0.2) is 122 Å². The second kappa shape index (κ2) is 15.1. The topological polar surface area (TPSA) is 219 Å². The Morgan fingerprint density at radius 3 is 2.71 bits per heavy atom. The Morgan fingerprint density at radius 2 is 1.93 bits per heavy atom. The van der Waals surface area contributed by atoms with E-state index >= 15 is 0 Å². The van der Waals surface area contributed by atoms with Crippen molar-refractivity contribution in [2.75, 3.05) is 37.7 Å². The number of carbonyl (C=O) groups excluding carboxylic acids is 1. The Morgan fingerprint density at radius 1 is 1.12 bits per heavy atom. The van der Waals surface area contributed by atoms with Gasteiger partial charge in [0.25, 0.3) is 0 Å². The van der Waals surface area contributed by atoms with Crippen LogP contribution in [0, 0.1) is 18.3 Å². The Kier molecular flexibility index (Phi) is 10.2. The summed E-state index contributed by atoms with van der Waals surface area (Å²) in [6.45, 7) is 2.79. The molecule has 7 aliphatic rings. The average molecular weight is 814 g/mol. The number of anilines is 1. The minimum atomic E-state index is -2.40. The lowest BCUT2D eigenvalue weighted by atomic mass is 9.72. The lowest BCUT2D eigenvalue weighted by Crippen LogP contribution is -2.64. The molecular weight excluding hydrogens is 762 g/mol. The highest BCUT2D eigenvalue weighted by molar-refractivity contribution is 6.12. The zero-order valence-electron chi connectivity index (χ0n) is 33.1.